The van der Waals surface area contributed by atoms with Crippen LogP contribution in [0.4, 0.5) is 5.82 Å². The smallest absolute Gasteiger partial charge is 0.224 e. The van der Waals surface area contributed by atoms with Gasteiger partial charge in [0, 0.05) is 37.2 Å². The summed E-state index contributed by atoms with van der Waals surface area (Å²) in [5.41, 5.74) is 1.06. The Balaban J connectivity index is 1.71. The standard InChI is InChI=1S/C21H24ClN3OS/c1-2-16-15-26-13-12-25(16)19-14-18(23-20(22)24-19)21(10-6-7-11-21)27-17-8-4-3-5-9-17/h2-5,8-9,14,16H,1,6-7,10-13,15H2/p+1/t16-/m0/s1. The predicted molar refractivity (Wildman–Crippen MR) is 113 cm³/mol. The van der Waals surface area contributed by atoms with Crippen LogP contribution in [0.2, 0.25) is 5.28 Å². The van der Waals surface area contributed by atoms with Crippen LogP contribution in [0.3, 0.4) is 0 Å². The van der Waals surface area contributed by atoms with Crippen LogP contribution in [-0.4, -0.2) is 35.8 Å². The summed E-state index contributed by atoms with van der Waals surface area (Å²) in [6.07, 6.45) is 6.63. The molecule has 1 aromatic heterocycles. The summed E-state index contributed by atoms with van der Waals surface area (Å²) in [4.78, 5) is 12.8. The third-order valence-electron chi connectivity index (χ3n) is 5.42. The number of anilines is 1. The molecule has 0 bridgehead atoms. The molecular weight excluding hydrogens is 378 g/mol. The van der Waals surface area contributed by atoms with E-state index in [-0.39, 0.29) is 10.8 Å². The summed E-state index contributed by atoms with van der Waals surface area (Å²) in [5, 5.41) is 0.325. The molecule has 4 rings (SSSR count). The van der Waals surface area contributed by atoms with Crippen LogP contribution in [0.5, 0.6) is 0 Å². The summed E-state index contributed by atoms with van der Waals surface area (Å²) in [7, 11) is 0. The van der Waals surface area contributed by atoms with Crippen molar-refractivity contribution in [2.75, 3.05) is 24.7 Å². The largest absolute Gasteiger partial charge is 0.377 e. The van der Waals surface area contributed by atoms with E-state index in [4.69, 9.17) is 21.3 Å². The molecule has 0 N–H and O–H groups in total. The molecule has 6 heteroatoms. The molecule has 2 heterocycles. The number of rotatable bonds is 5. The third kappa shape index (κ3) is 4.00. The molecule has 4 nitrogen and oxygen atoms in total. The number of hydrogen-bond donors (Lipinski definition) is 0. The van der Waals surface area contributed by atoms with E-state index >= 15 is 0 Å². The van der Waals surface area contributed by atoms with Crippen LogP contribution in [0.1, 0.15) is 31.4 Å². The molecule has 0 radical (unpaired) electrons. The average Bonchev–Trinajstić information content (AvgIpc) is 3.18. The summed E-state index contributed by atoms with van der Waals surface area (Å²) in [6.45, 7) is 6.06. The zero-order chi connectivity index (χ0) is 18.7. The van der Waals surface area contributed by atoms with Crippen LogP contribution in [-0.2, 0) is 21.2 Å². The number of halogens is 1. The Hall–Kier alpha value is -1.56. The van der Waals surface area contributed by atoms with Gasteiger partial charge in [0.2, 0.25) is 5.28 Å². The lowest BCUT2D eigenvalue weighted by Crippen LogP contribution is -2.45. The van der Waals surface area contributed by atoms with Crippen LogP contribution in [0.15, 0.2) is 53.9 Å². The van der Waals surface area contributed by atoms with Crippen molar-refractivity contribution in [1.29, 1.82) is 0 Å². The molecule has 0 unspecified atom stereocenters. The molecule has 0 spiro atoms. The second-order valence-electron chi connectivity index (χ2n) is 7.14. The van der Waals surface area contributed by atoms with Gasteiger partial charge >= 0.3 is 0 Å². The Labute approximate surface area is 170 Å². The predicted octanol–water partition coefficient (Wildman–Crippen LogP) is 4.16. The number of ether oxygens (including phenoxy) is 1. The maximum Gasteiger partial charge on any atom is 0.224 e. The zero-order valence-corrected chi connectivity index (χ0v) is 17.0. The SMILES string of the molecule is C=C[C@H]1COCCN1c1cc(C2([SH+]c3ccccc3)CCCC2)nc(Cl)n1. The lowest BCUT2D eigenvalue weighted by atomic mass is 10.0. The minimum atomic E-state index is 0.0125. The monoisotopic (exact) mass is 402 g/mol. The molecule has 1 saturated carbocycles. The fourth-order valence-electron chi connectivity index (χ4n) is 4.03. The second kappa shape index (κ2) is 8.21. The van der Waals surface area contributed by atoms with Crippen LogP contribution >= 0.6 is 11.6 Å². The van der Waals surface area contributed by atoms with E-state index in [1.165, 1.54) is 29.5 Å². The Kier molecular flexibility index (Phi) is 5.71. The Morgan fingerprint density at radius 3 is 2.74 bits per heavy atom. The number of thiol groups is 1. The topological polar surface area (TPSA) is 38.2 Å². The Morgan fingerprint density at radius 2 is 2.00 bits per heavy atom. The number of benzene rings is 1. The van der Waals surface area contributed by atoms with Crippen molar-refractivity contribution in [3.63, 3.8) is 0 Å². The zero-order valence-electron chi connectivity index (χ0n) is 15.4. The first kappa shape index (κ1) is 18.8. The molecule has 2 fully saturated rings. The minimum absolute atomic E-state index is 0.0125. The summed E-state index contributed by atoms with van der Waals surface area (Å²) in [6, 6.07) is 12.9. The van der Waals surface area contributed by atoms with Crippen LogP contribution in [0.25, 0.3) is 0 Å². The minimum Gasteiger partial charge on any atom is -0.377 e. The molecule has 1 atom stereocenters. The normalized spacial score (nSPS) is 22.0. The number of nitrogens with zero attached hydrogens (tertiary/aromatic N) is 3. The van der Waals surface area contributed by atoms with E-state index in [1.54, 1.807) is 0 Å². The highest BCUT2D eigenvalue weighted by Gasteiger charge is 2.46. The van der Waals surface area contributed by atoms with Crippen molar-refractivity contribution >= 4 is 29.2 Å². The highest BCUT2D eigenvalue weighted by Crippen LogP contribution is 2.44. The van der Waals surface area contributed by atoms with E-state index in [9.17, 15) is 0 Å². The summed E-state index contributed by atoms with van der Waals surface area (Å²) >= 11 is 7.69. The Morgan fingerprint density at radius 1 is 1.22 bits per heavy atom. The molecule has 1 aliphatic carbocycles. The summed E-state index contributed by atoms with van der Waals surface area (Å²) < 4.78 is 5.61. The molecule has 1 aromatic carbocycles. The van der Waals surface area contributed by atoms with E-state index in [1.807, 2.05) is 6.08 Å². The van der Waals surface area contributed by atoms with Crippen molar-refractivity contribution < 1.29 is 4.74 Å². The van der Waals surface area contributed by atoms with Crippen molar-refractivity contribution in [3.05, 3.63) is 60.0 Å². The number of morpholine rings is 1. The van der Waals surface area contributed by atoms with Gasteiger partial charge in [-0.15, -0.1) is 6.58 Å². The molecule has 1 aliphatic heterocycles. The highest BCUT2D eigenvalue weighted by molar-refractivity contribution is 7.79. The average molecular weight is 403 g/mol. The molecular formula is C21H25ClN3OS+. The quantitative estimate of drug-likeness (QED) is 0.325. The van der Waals surface area contributed by atoms with Crippen LogP contribution < -0.4 is 4.90 Å². The van der Waals surface area contributed by atoms with Gasteiger partial charge < -0.3 is 9.64 Å². The molecule has 1 saturated heterocycles. The van der Waals surface area contributed by atoms with E-state index in [0.29, 0.717) is 18.5 Å². The molecule has 27 heavy (non-hydrogen) atoms. The number of hydrogen-bond acceptors (Lipinski definition) is 4. The van der Waals surface area contributed by atoms with Crippen molar-refractivity contribution in [3.8, 4) is 0 Å². The molecule has 0 amide bonds. The van der Waals surface area contributed by atoms with Gasteiger partial charge in [-0.05, 0) is 36.6 Å². The fourth-order valence-corrected chi connectivity index (χ4v) is 5.79. The first-order valence-corrected chi connectivity index (χ1v) is 10.8. The maximum atomic E-state index is 6.39. The first-order valence-electron chi connectivity index (χ1n) is 9.50. The number of aromatic nitrogens is 2. The fraction of sp³-hybridized carbons (Fsp3) is 0.429. The van der Waals surface area contributed by atoms with Gasteiger partial charge in [-0.3, -0.25) is 0 Å². The maximum absolute atomic E-state index is 6.39. The second-order valence-corrected chi connectivity index (χ2v) is 9.07. The van der Waals surface area contributed by atoms with Gasteiger partial charge in [0.05, 0.1) is 19.3 Å². The lowest BCUT2D eigenvalue weighted by Gasteiger charge is -2.35. The van der Waals surface area contributed by atoms with E-state index in [2.05, 4.69) is 52.9 Å². The molecule has 2 aliphatic rings. The van der Waals surface area contributed by atoms with Gasteiger partial charge in [0.1, 0.15) is 11.5 Å². The first-order chi connectivity index (χ1) is 13.2. The van der Waals surface area contributed by atoms with Gasteiger partial charge in [-0.2, -0.15) is 0 Å². The van der Waals surface area contributed by atoms with Gasteiger partial charge in [-0.1, -0.05) is 24.3 Å². The highest BCUT2D eigenvalue weighted by atomic mass is 35.5. The van der Waals surface area contributed by atoms with Crippen molar-refractivity contribution in [2.24, 2.45) is 0 Å². The molecule has 142 valence electrons. The van der Waals surface area contributed by atoms with Crippen molar-refractivity contribution in [1.82, 2.24) is 9.97 Å². The Bertz CT molecular complexity index is 795. The van der Waals surface area contributed by atoms with E-state index < -0.39 is 0 Å². The van der Waals surface area contributed by atoms with Gasteiger partial charge in [0.25, 0.3) is 0 Å². The lowest BCUT2D eigenvalue weighted by molar-refractivity contribution is 0.105. The third-order valence-corrected chi connectivity index (χ3v) is 7.25. The van der Waals surface area contributed by atoms with Crippen LogP contribution in [0, 0.1) is 0 Å². The van der Waals surface area contributed by atoms with E-state index in [0.717, 1.165) is 30.9 Å². The van der Waals surface area contributed by atoms with Crippen molar-refractivity contribution in [2.45, 2.75) is 41.4 Å². The van der Waals surface area contributed by atoms with Gasteiger partial charge in [-0.25, -0.2) is 9.97 Å². The van der Waals surface area contributed by atoms with Gasteiger partial charge in [0.15, 0.2) is 9.64 Å². The molecule has 2 aromatic rings. The summed E-state index contributed by atoms with van der Waals surface area (Å²) in [5.74, 6) is 0.882.